The van der Waals surface area contributed by atoms with Crippen LogP contribution in [0.4, 0.5) is 4.39 Å². The molecule has 0 spiro atoms. The average molecular weight is 405 g/mol. The lowest BCUT2D eigenvalue weighted by Gasteiger charge is -2.17. The van der Waals surface area contributed by atoms with Gasteiger partial charge in [-0.25, -0.2) is 4.39 Å². The second kappa shape index (κ2) is 7.78. The van der Waals surface area contributed by atoms with Gasteiger partial charge >= 0.3 is 0 Å². The predicted octanol–water partition coefficient (Wildman–Crippen LogP) is 3.25. The Morgan fingerprint density at radius 1 is 1.20 bits per heavy atom. The molecule has 0 saturated carbocycles. The van der Waals surface area contributed by atoms with E-state index < -0.39 is 0 Å². The van der Waals surface area contributed by atoms with Gasteiger partial charge in [-0.05, 0) is 35.4 Å². The van der Waals surface area contributed by atoms with Crippen molar-refractivity contribution in [3.05, 3.63) is 69.9 Å². The number of carbonyl (C=O) groups is 2. The molecule has 0 bridgehead atoms. The van der Waals surface area contributed by atoms with E-state index in [4.69, 9.17) is 0 Å². The van der Waals surface area contributed by atoms with Gasteiger partial charge in [0, 0.05) is 30.5 Å². The number of nitrogens with zero attached hydrogens (tertiary/aromatic N) is 1. The third kappa shape index (κ3) is 4.66. The van der Waals surface area contributed by atoms with E-state index in [2.05, 4.69) is 21.2 Å². The fraction of sp³-hybridized carbons (Fsp3) is 0.263. The van der Waals surface area contributed by atoms with Gasteiger partial charge in [0.2, 0.25) is 11.8 Å². The molecule has 3 rings (SSSR count). The zero-order chi connectivity index (χ0) is 17.8. The molecule has 130 valence electrons. The van der Waals surface area contributed by atoms with Gasteiger partial charge in [-0.2, -0.15) is 0 Å². The standard InChI is InChI=1S/C19H18BrFN2O2/c20-16-3-1-2-14(8-16)11-23-12-15(9-18(23)24)19(25)22-10-13-4-6-17(21)7-5-13/h1-8,15H,9-12H2,(H,22,25)/t15-/m1/s1. The molecule has 0 aliphatic carbocycles. The molecule has 2 amide bonds. The van der Waals surface area contributed by atoms with Gasteiger partial charge < -0.3 is 10.2 Å². The van der Waals surface area contributed by atoms with Gasteiger partial charge in [0.05, 0.1) is 5.92 Å². The van der Waals surface area contributed by atoms with Crippen LogP contribution >= 0.6 is 15.9 Å². The number of amides is 2. The van der Waals surface area contributed by atoms with Crippen LogP contribution in [0, 0.1) is 11.7 Å². The molecule has 1 aliphatic rings. The van der Waals surface area contributed by atoms with Gasteiger partial charge in [-0.3, -0.25) is 9.59 Å². The van der Waals surface area contributed by atoms with Crippen molar-refractivity contribution in [2.45, 2.75) is 19.5 Å². The van der Waals surface area contributed by atoms with Crippen molar-refractivity contribution in [1.29, 1.82) is 0 Å². The molecule has 25 heavy (non-hydrogen) atoms. The van der Waals surface area contributed by atoms with Crippen LogP contribution in [-0.2, 0) is 22.7 Å². The van der Waals surface area contributed by atoms with Crippen LogP contribution in [0.2, 0.25) is 0 Å². The van der Waals surface area contributed by atoms with Crippen LogP contribution in [0.3, 0.4) is 0 Å². The Bertz CT molecular complexity index is 779. The lowest BCUT2D eigenvalue weighted by Crippen LogP contribution is -2.32. The normalized spacial score (nSPS) is 17.0. The summed E-state index contributed by atoms with van der Waals surface area (Å²) in [6.45, 7) is 1.25. The maximum absolute atomic E-state index is 12.9. The molecule has 1 atom stereocenters. The first-order valence-corrected chi connectivity index (χ1v) is 8.85. The topological polar surface area (TPSA) is 49.4 Å². The Morgan fingerprint density at radius 2 is 1.96 bits per heavy atom. The molecular weight excluding hydrogens is 387 g/mol. The van der Waals surface area contributed by atoms with E-state index >= 15 is 0 Å². The Morgan fingerprint density at radius 3 is 2.68 bits per heavy atom. The Kier molecular flexibility index (Phi) is 5.48. The second-order valence-corrected chi connectivity index (χ2v) is 7.07. The molecule has 1 N–H and O–H groups in total. The summed E-state index contributed by atoms with van der Waals surface area (Å²) in [6.07, 6.45) is 0.225. The van der Waals surface area contributed by atoms with E-state index in [1.165, 1.54) is 12.1 Å². The molecule has 0 aromatic heterocycles. The van der Waals surface area contributed by atoms with Crippen molar-refractivity contribution in [1.82, 2.24) is 10.2 Å². The maximum atomic E-state index is 12.9. The molecule has 1 heterocycles. The molecule has 1 aliphatic heterocycles. The monoisotopic (exact) mass is 404 g/mol. The highest BCUT2D eigenvalue weighted by molar-refractivity contribution is 9.10. The van der Waals surface area contributed by atoms with E-state index in [1.807, 2.05) is 24.3 Å². The van der Waals surface area contributed by atoms with Crippen LogP contribution in [0.5, 0.6) is 0 Å². The predicted molar refractivity (Wildman–Crippen MR) is 95.9 cm³/mol. The number of benzene rings is 2. The molecule has 4 nitrogen and oxygen atoms in total. The largest absolute Gasteiger partial charge is 0.352 e. The minimum atomic E-state index is -0.347. The summed E-state index contributed by atoms with van der Waals surface area (Å²) in [5.74, 6) is -0.809. The minimum absolute atomic E-state index is 0.0121. The van der Waals surface area contributed by atoms with Crippen molar-refractivity contribution in [2.75, 3.05) is 6.54 Å². The third-order valence-corrected chi connectivity index (χ3v) is 4.72. The number of hydrogen-bond acceptors (Lipinski definition) is 2. The van der Waals surface area contributed by atoms with E-state index in [0.29, 0.717) is 19.6 Å². The molecular formula is C19H18BrFN2O2. The number of hydrogen-bond donors (Lipinski definition) is 1. The van der Waals surface area contributed by atoms with Gasteiger partial charge in [-0.15, -0.1) is 0 Å². The zero-order valence-electron chi connectivity index (χ0n) is 13.5. The van der Waals surface area contributed by atoms with Gasteiger partial charge in [-0.1, -0.05) is 40.2 Å². The Balaban J connectivity index is 1.54. The summed E-state index contributed by atoms with van der Waals surface area (Å²) < 4.78 is 13.9. The Hall–Kier alpha value is -2.21. The highest BCUT2D eigenvalue weighted by Gasteiger charge is 2.34. The minimum Gasteiger partial charge on any atom is -0.352 e. The molecule has 2 aromatic rings. The summed E-state index contributed by atoms with van der Waals surface area (Å²) in [5.41, 5.74) is 1.85. The molecule has 0 unspecified atom stereocenters. The first-order chi connectivity index (χ1) is 12.0. The summed E-state index contributed by atoms with van der Waals surface area (Å²) in [6, 6.07) is 13.8. The van der Waals surface area contributed by atoms with Crippen LogP contribution in [0.25, 0.3) is 0 Å². The summed E-state index contributed by atoms with van der Waals surface area (Å²) in [4.78, 5) is 26.2. The first kappa shape index (κ1) is 17.6. The third-order valence-electron chi connectivity index (χ3n) is 4.23. The van der Waals surface area contributed by atoms with E-state index in [1.54, 1.807) is 17.0 Å². The number of carbonyl (C=O) groups excluding carboxylic acids is 2. The lowest BCUT2D eigenvalue weighted by molar-refractivity contribution is -0.129. The lowest BCUT2D eigenvalue weighted by atomic mass is 10.1. The Labute approximate surface area is 154 Å². The first-order valence-electron chi connectivity index (χ1n) is 8.05. The van der Waals surface area contributed by atoms with Gasteiger partial charge in [0.25, 0.3) is 0 Å². The van der Waals surface area contributed by atoms with Crippen molar-refractivity contribution < 1.29 is 14.0 Å². The SMILES string of the molecule is O=C(NCc1ccc(F)cc1)[C@@H]1CC(=O)N(Cc2cccc(Br)c2)C1. The summed E-state index contributed by atoms with van der Waals surface area (Å²) in [5, 5.41) is 2.83. The summed E-state index contributed by atoms with van der Waals surface area (Å²) >= 11 is 3.42. The highest BCUT2D eigenvalue weighted by Crippen LogP contribution is 2.22. The van der Waals surface area contributed by atoms with E-state index in [9.17, 15) is 14.0 Å². The van der Waals surface area contributed by atoms with Crippen molar-refractivity contribution in [3.8, 4) is 0 Å². The molecule has 6 heteroatoms. The van der Waals surface area contributed by atoms with Gasteiger partial charge in [0.1, 0.15) is 5.82 Å². The smallest absolute Gasteiger partial charge is 0.225 e. The summed E-state index contributed by atoms with van der Waals surface area (Å²) in [7, 11) is 0. The van der Waals surface area contributed by atoms with Crippen molar-refractivity contribution >= 4 is 27.7 Å². The van der Waals surface area contributed by atoms with Gasteiger partial charge in [0.15, 0.2) is 0 Å². The molecule has 2 aromatic carbocycles. The fourth-order valence-electron chi connectivity index (χ4n) is 2.89. The van der Waals surface area contributed by atoms with Crippen LogP contribution in [0.15, 0.2) is 53.0 Å². The average Bonchev–Trinajstić information content (AvgIpc) is 2.95. The van der Waals surface area contributed by atoms with Crippen LogP contribution in [-0.4, -0.2) is 23.3 Å². The quantitative estimate of drug-likeness (QED) is 0.831. The number of likely N-dealkylation sites (tertiary alicyclic amines) is 1. The molecule has 1 saturated heterocycles. The van der Waals surface area contributed by atoms with Crippen molar-refractivity contribution in [2.24, 2.45) is 5.92 Å². The zero-order valence-corrected chi connectivity index (χ0v) is 15.1. The number of rotatable bonds is 5. The molecule has 0 radical (unpaired) electrons. The highest BCUT2D eigenvalue weighted by atomic mass is 79.9. The van der Waals surface area contributed by atoms with Crippen LogP contribution in [0.1, 0.15) is 17.5 Å². The van der Waals surface area contributed by atoms with E-state index in [-0.39, 0.29) is 30.0 Å². The second-order valence-electron chi connectivity index (χ2n) is 6.15. The van der Waals surface area contributed by atoms with E-state index in [0.717, 1.165) is 15.6 Å². The maximum Gasteiger partial charge on any atom is 0.225 e. The molecule has 1 fully saturated rings. The number of halogens is 2. The fourth-order valence-corrected chi connectivity index (χ4v) is 3.34. The van der Waals surface area contributed by atoms with Crippen molar-refractivity contribution in [3.63, 3.8) is 0 Å². The number of nitrogens with one attached hydrogen (secondary N) is 1. The van der Waals surface area contributed by atoms with Crippen LogP contribution < -0.4 is 5.32 Å².